The number of nitrogens with one attached hydrogen (secondary N) is 1. The minimum atomic E-state index is -0.368. The molecule has 0 aliphatic rings. The van der Waals surface area contributed by atoms with Crippen molar-refractivity contribution in [1.29, 1.82) is 0 Å². The molecule has 1 amide bonds. The van der Waals surface area contributed by atoms with Crippen molar-refractivity contribution in [3.05, 3.63) is 35.6 Å². The third kappa shape index (κ3) is 3.33. The van der Waals surface area contributed by atoms with Crippen molar-refractivity contribution in [2.45, 2.75) is 33.7 Å². The van der Waals surface area contributed by atoms with Crippen LogP contribution in [0.2, 0.25) is 0 Å². The number of hydrogen-bond acceptors (Lipinski definition) is 1. The Morgan fingerprint density at radius 2 is 2.12 bits per heavy atom. The lowest BCUT2D eigenvalue weighted by Crippen LogP contribution is -2.35. The first kappa shape index (κ1) is 12.7. The molecule has 16 heavy (non-hydrogen) atoms. The Morgan fingerprint density at radius 1 is 1.44 bits per heavy atom. The van der Waals surface area contributed by atoms with Crippen LogP contribution in [0, 0.1) is 11.2 Å². The summed E-state index contributed by atoms with van der Waals surface area (Å²) in [6.07, 6.45) is 0.780. The van der Waals surface area contributed by atoms with E-state index >= 15 is 0 Å². The third-order valence-electron chi connectivity index (χ3n) is 2.84. The average Bonchev–Trinajstić information content (AvgIpc) is 2.26. The van der Waals surface area contributed by atoms with Gasteiger partial charge in [0.25, 0.3) is 0 Å². The van der Waals surface area contributed by atoms with Crippen LogP contribution < -0.4 is 5.32 Å². The van der Waals surface area contributed by atoms with Crippen molar-refractivity contribution in [2.24, 2.45) is 5.41 Å². The molecule has 0 aromatic heterocycles. The smallest absolute Gasteiger partial charge is 0.225 e. The largest absolute Gasteiger partial charge is 0.352 e. The van der Waals surface area contributed by atoms with Crippen molar-refractivity contribution in [2.75, 3.05) is 0 Å². The molecule has 2 nitrogen and oxygen atoms in total. The van der Waals surface area contributed by atoms with Crippen LogP contribution in [-0.2, 0) is 11.3 Å². The highest BCUT2D eigenvalue weighted by atomic mass is 19.1. The summed E-state index contributed by atoms with van der Waals surface area (Å²) < 4.78 is 12.9. The van der Waals surface area contributed by atoms with E-state index in [1.54, 1.807) is 12.1 Å². The number of amides is 1. The molecule has 0 saturated heterocycles. The molecule has 0 spiro atoms. The van der Waals surface area contributed by atoms with Crippen LogP contribution in [0.5, 0.6) is 0 Å². The summed E-state index contributed by atoms with van der Waals surface area (Å²) in [5.41, 5.74) is 0.410. The van der Waals surface area contributed by atoms with Gasteiger partial charge in [0.1, 0.15) is 5.82 Å². The van der Waals surface area contributed by atoms with Gasteiger partial charge in [-0.15, -0.1) is 0 Å². The van der Waals surface area contributed by atoms with Gasteiger partial charge in [0.05, 0.1) is 0 Å². The van der Waals surface area contributed by atoms with Gasteiger partial charge in [0, 0.05) is 12.0 Å². The van der Waals surface area contributed by atoms with E-state index in [9.17, 15) is 9.18 Å². The first-order valence-corrected chi connectivity index (χ1v) is 5.48. The molecular weight excluding hydrogens is 205 g/mol. The molecule has 1 N–H and O–H groups in total. The molecule has 0 fully saturated rings. The number of halogens is 1. The SMILES string of the molecule is CCC(C)(C)C(=O)NCc1cccc(F)c1. The summed E-state index contributed by atoms with van der Waals surface area (Å²) in [6.45, 7) is 6.14. The van der Waals surface area contributed by atoms with Gasteiger partial charge >= 0.3 is 0 Å². The van der Waals surface area contributed by atoms with Gasteiger partial charge in [0.2, 0.25) is 5.91 Å². The second-order valence-electron chi connectivity index (χ2n) is 4.55. The molecule has 1 aromatic rings. The summed E-state index contributed by atoms with van der Waals surface area (Å²) in [5, 5.41) is 2.81. The second-order valence-corrected chi connectivity index (χ2v) is 4.55. The summed E-state index contributed by atoms with van der Waals surface area (Å²) in [6, 6.07) is 6.25. The zero-order valence-corrected chi connectivity index (χ0v) is 10.0. The van der Waals surface area contributed by atoms with Crippen molar-refractivity contribution < 1.29 is 9.18 Å². The molecule has 0 heterocycles. The maximum absolute atomic E-state index is 12.9. The average molecular weight is 223 g/mol. The Morgan fingerprint density at radius 3 is 2.69 bits per heavy atom. The van der Waals surface area contributed by atoms with Crippen LogP contribution in [0.25, 0.3) is 0 Å². The predicted molar refractivity (Wildman–Crippen MR) is 62.3 cm³/mol. The van der Waals surface area contributed by atoms with Crippen LogP contribution in [0.4, 0.5) is 4.39 Å². The zero-order valence-electron chi connectivity index (χ0n) is 10.0. The molecule has 0 radical (unpaired) electrons. The van der Waals surface area contributed by atoms with Crippen LogP contribution in [0.15, 0.2) is 24.3 Å². The molecule has 0 atom stereocenters. The van der Waals surface area contributed by atoms with Gasteiger partial charge in [0.15, 0.2) is 0 Å². The monoisotopic (exact) mass is 223 g/mol. The van der Waals surface area contributed by atoms with Gasteiger partial charge in [-0.25, -0.2) is 4.39 Å². The molecule has 3 heteroatoms. The lowest BCUT2D eigenvalue weighted by molar-refractivity contribution is -0.129. The van der Waals surface area contributed by atoms with Crippen LogP contribution in [0.1, 0.15) is 32.8 Å². The van der Waals surface area contributed by atoms with E-state index in [0.29, 0.717) is 6.54 Å². The predicted octanol–water partition coefficient (Wildman–Crippen LogP) is 2.88. The quantitative estimate of drug-likeness (QED) is 0.835. The normalized spacial score (nSPS) is 11.2. The Labute approximate surface area is 95.9 Å². The van der Waals surface area contributed by atoms with E-state index in [-0.39, 0.29) is 17.1 Å². The number of rotatable bonds is 4. The van der Waals surface area contributed by atoms with Gasteiger partial charge in [-0.2, -0.15) is 0 Å². The third-order valence-corrected chi connectivity index (χ3v) is 2.84. The van der Waals surface area contributed by atoms with E-state index < -0.39 is 0 Å². The highest BCUT2D eigenvalue weighted by Gasteiger charge is 2.24. The van der Waals surface area contributed by atoms with Crippen molar-refractivity contribution in [3.63, 3.8) is 0 Å². The lowest BCUT2D eigenvalue weighted by Gasteiger charge is -2.21. The molecule has 0 saturated carbocycles. The highest BCUT2D eigenvalue weighted by Crippen LogP contribution is 2.19. The number of hydrogen-bond donors (Lipinski definition) is 1. The standard InChI is InChI=1S/C13H18FNO/c1-4-13(2,3)12(16)15-9-10-6-5-7-11(14)8-10/h5-8H,4,9H2,1-3H3,(H,15,16). The Balaban J connectivity index is 2.56. The Hall–Kier alpha value is -1.38. The molecule has 0 aliphatic heterocycles. The Kier molecular flexibility index (Phi) is 4.05. The maximum atomic E-state index is 12.9. The van der Waals surface area contributed by atoms with E-state index in [0.717, 1.165) is 12.0 Å². The topological polar surface area (TPSA) is 29.1 Å². The van der Waals surface area contributed by atoms with E-state index in [1.807, 2.05) is 20.8 Å². The Bertz CT molecular complexity index is 374. The molecule has 88 valence electrons. The first-order chi connectivity index (χ1) is 7.45. The summed E-state index contributed by atoms with van der Waals surface area (Å²) >= 11 is 0. The van der Waals surface area contributed by atoms with Gasteiger partial charge < -0.3 is 5.32 Å². The van der Waals surface area contributed by atoms with Crippen LogP contribution in [-0.4, -0.2) is 5.91 Å². The summed E-state index contributed by atoms with van der Waals surface area (Å²) in [7, 11) is 0. The summed E-state index contributed by atoms with van der Waals surface area (Å²) in [4.78, 5) is 11.7. The number of carbonyl (C=O) groups excluding carboxylic acids is 1. The van der Waals surface area contributed by atoms with Crippen molar-refractivity contribution in [1.82, 2.24) is 5.32 Å². The number of benzene rings is 1. The van der Waals surface area contributed by atoms with Crippen molar-refractivity contribution >= 4 is 5.91 Å². The molecule has 1 aromatic carbocycles. The molecule has 1 rings (SSSR count). The second kappa shape index (κ2) is 5.10. The van der Waals surface area contributed by atoms with Crippen LogP contribution in [0.3, 0.4) is 0 Å². The van der Waals surface area contributed by atoms with E-state index in [4.69, 9.17) is 0 Å². The maximum Gasteiger partial charge on any atom is 0.225 e. The van der Waals surface area contributed by atoms with E-state index in [2.05, 4.69) is 5.32 Å². The fourth-order valence-corrected chi connectivity index (χ4v) is 1.23. The van der Waals surface area contributed by atoms with Crippen molar-refractivity contribution in [3.8, 4) is 0 Å². The van der Waals surface area contributed by atoms with Crippen LogP contribution >= 0.6 is 0 Å². The minimum absolute atomic E-state index is 0.000684. The highest BCUT2D eigenvalue weighted by molar-refractivity contribution is 5.81. The minimum Gasteiger partial charge on any atom is -0.352 e. The molecule has 0 unspecified atom stereocenters. The fourth-order valence-electron chi connectivity index (χ4n) is 1.23. The molecule has 0 aliphatic carbocycles. The zero-order chi connectivity index (χ0) is 12.2. The lowest BCUT2D eigenvalue weighted by atomic mass is 9.89. The van der Waals surface area contributed by atoms with Gasteiger partial charge in [-0.3, -0.25) is 4.79 Å². The molecule has 0 bridgehead atoms. The fraction of sp³-hybridized carbons (Fsp3) is 0.462. The molecular formula is C13H18FNO. The number of carbonyl (C=O) groups is 1. The van der Waals surface area contributed by atoms with E-state index in [1.165, 1.54) is 12.1 Å². The summed E-state index contributed by atoms with van der Waals surface area (Å²) in [5.74, 6) is -0.277. The first-order valence-electron chi connectivity index (χ1n) is 5.48. The van der Waals surface area contributed by atoms with Gasteiger partial charge in [-0.05, 0) is 24.1 Å². The van der Waals surface area contributed by atoms with Gasteiger partial charge in [-0.1, -0.05) is 32.9 Å².